The number of imidazole rings is 1. The second-order valence-electron chi connectivity index (χ2n) is 8.55. The van der Waals surface area contributed by atoms with Crippen molar-refractivity contribution in [3.8, 4) is 11.4 Å². The van der Waals surface area contributed by atoms with E-state index in [4.69, 9.17) is 0 Å². The van der Waals surface area contributed by atoms with Crippen molar-refractivity contribution in [1.29, 1.82) is 0 Å². The Hall–Kier alpha value is -2.88. The van der Waals surface area contributed by atoms with Crippen molar-refractivity contribution < 1.29 is 4.79 Å². The summed E-state index contributed by atoms with van der Waals surface area (Å²) in [5, 5.41) is 0. The lowest BCUT2D eigenvalue weighted by atomic mass is 9.84. The molecule has 0 saturated heterocycles. The van der Waals surface area contributed by atoms with Crippen LogP contribution in [0, 0.1) is 0 Å². The number of anilines is 1. The number of nitrogens with zero attached hydrogens (tertiary/aromatic N) is 3. The second-order valence-corrected chi connectivity index (χ2v) is 8.55. The van der Waals surface area contributed by atoms with Gasteiger partial charge in [0.05, 0.1) is 0 Å². The van der Waals surface area contributed by atoms with Gasteiger partial charge in [-0.1, -0.05) is 42.5 Å². The molecule has 0 aliphatic carbocycles. The largest absolute Gasteiger partial charge is 0.334 e. The number of carbonyl (C=O) groups is 1. The van der Waals surface area contributed by atoms with E-state index in [-0.39, 0.29) is 11.4 Å². The van der Waals surface area contributed by atoms with Gasteiger partial charge in [-0.15, -0.1) is 0 Å². The van der Waals surface area contributed by atoms with Crippen LogP contribution in [0.4, 0.5) is 5.69 Å². The number of hydrogen-bond donors (Lipinski definition) is 0. The summed E-state index contributed by atoms with van der Waals surface area (Å²) in [5.41, 5.74) is 4.52. The smallest absolute Gasteiger partial charge is 0.227 e. The van der Waals surface area contributed by atoms with E-state index >= 15 is 0 Å². The molecular weight excluding hydrogens is 358 g/mol. The molecule has 0 spiro atoms. The fourth-order valence-electron chi connectivity index (χ4n) is 4.42. The molecule has 29 heavy (non-hydrogen) atoms. The van der Waals surface area contributed by atoms with E-state index in [0.29, 0.717) is 6.42 Å². The molecule has 4 heteroatoms. The topological polar surface area (TPSA) is 38.1 Å². The summed E-state index contributed by atoms with van der Waals surface area (Å²) in [7, 11) is 2.01. The number of aromatic nitrogens is 2. The van der Waals surface area contributed by atoms with Crippen LogP contribution in [0.3, 0.4) is 0 Å². The summed E-state index contributed by atoms with van der Waals surface area (Å²) in [6.45, 7) is 4.36. The van der Waals surface area contributed by atoms with Gasteiger partial charge in [-0.05, 0) is 56.7 Å². The van der Waals surface area contributed by atoms with Crippen LogP contribution in [0.2, 0.25) is 0 Å². The van der Waals surface area contributed by atoms with Gasteiger partial charge >= 0.3 is 0 Å². The molecule has 0 fully saturated rings. The Morgan fingerprint density at radius 1 is 1.10 bits per heavy atom. The van der Waals surface area contributed by atoms with Crippen LogP contribution >= 0.6 is 0 Å². The minimum atomic E-state index is -0.183. The fraction of sp³-hybridized carbons (Fsp3) is 0.360. The molecule has 4 rings (SSSR count). The lowest BCUT2D eigenvalue weighted by Crippen LogP contribution is -2.51. The predicted molar refractivity (Wildman–Crippen MR) is 118 cm³/mol. The van der Waals surface area contributed by atoms with Gasteiger partial charge < -0.3 is 9.47 Å². The Balaban J connectivity index is 1.60. The second kappa shape index (κ2) is 7.86. The Morgan fingerprint density at radius 2 is 1.90 bits per heavy atom. The SMILES string of the molecule is Cn1ccnc1-c1cccc2c1CCC(C)(C)N2C(=O)CCCc1ccccc1. The van der Waals surface area contributed by atoms with Gasteiger partial charge in [0.2, 0.25) is 5.91 Å². The van der Waals surface area contributed by atoms with Crippen LogP contribution in [0.15, 0.2) is 60.9 Å². The van der Waals surface area contributed by atoms with Crippen molar-refractivity contribution in [3.05, 3.63) is 72.1 Å². The quantitative estimate of drug-likeness (QED) is 0.606. The zero-order valence-electron chi connectivity index (χ0n) is 17.6. The maximum absolute atomic E-state index is 13.3. The van der Waals surface area contributed by atoms with Crippen LogP contribution in [-0.4, -0.2) is 21.0 Å². The maximum atomic E-state index is 13.3. The Kier molecular flexibility index (Phi) is 5.27. The third kappa shape index (κ3) is 3.84. The van der Waals surface area contributed by atoms with Crippen molar-refractivity contribution in [3.63, 3.8) is 0 Å². The van der Waals surface area contributed by atoms with Gasteiger partial charge in [-0.2, -0.15) is 0 Å². The van der Waals surface area contributed by atoms with Crippen LogP contribution in [0.25, 0.3) is 11.4 Å². The van der Waals surface area contributed by atoms with E-state index in [2.05, 4.69) is 61.3 Å². The first-order valence-corrected chi connectivity index (χ1v) is 10.4. The average Bonchev–Trinajstić information content (AvgIpc) is 3.13. The summed E-state index contributed by atoms with van der Waals surface area (Å²) >= 11 is 0. The molecule has 1 aromatic heterocycles. The van der Waals surface area contributed by atoms with Crippen LogP contribution in [0.5, 0.6) is 0 Å². The van der Waals surface area contributed by atoms with Crippen LogP contribution in [-0.2, 0) is 24.7 Å². The zero-order chi connectivity index (χ0) is 20.4. The van der Waals surface area contributed by atoms with Crippen molar-refractivity contribution in [2.75, 3.05) is 4.90 Å². The third-order valence-electron chi connectivity index (χ3n) is 5.99. The summed E-state index contributed by atoms with van der Waals surface area (Å²) in [6, 6.07) is 16.7. The molecule has 1 amide bonds. The monoisotopic (exact) mass is 387 g/mol. The first kappa shape index (κ1) is 19.4. The van der Waals surface area contributed by atoms with Gasteiger partial charge in [-0.3, -0.25) is 4.79 Å². The Morgan fingerprint density at radius 3 is 2.62 bits per heavy atom. The molecule has 2 aromatic carbocycles. The summed E-state index contributed by atoms with van der Waals surface area (Å²) in [6.07, 6.45) is 8.06. The van der Waals surface area contributed by atoms with Gasteiger partial charge in [0.25, 0.3) is 0 Å². The van der Waals surface area contributed by atoms with Crippen molar-refractivity contribution >= 4 is 11.6 Å². The van der Waals surface area contributed by atoms with E-state index in [9.17, 15) is 4.79 Å². The zero-order valence-corrected chi connectivity index (χ0v) is 17.6. The Labute approximate surface area is 173 Å². The summed E-state index contributed by atoms with van der Waals surface area (Å²) < 4.78 is 2.04. The number of hydrogen-bond acceptors (Lipinski definition) is 2. The van der Waals surface area contributed by atoms with Gasteiger partial charge in [0.15, 0.2) is 0 Å². The minimum absolute atomic E-state index is 0.183. The standard InChI is InChI=1S/C25H29N3O/c1-25(2)16-15-20-21(24-26-17-18-27(24)3)12-8-13-22(20)28(25)23(29)14-7-11-19-9-5-4-6-10-19/h4-6,8-10,12-13,17-18H,7,11,14-16H2,1-3H3. The van der Waals surface area contributed by atoms with Crippen LogP contribution in [0.1, 0.15) is 44.2 Å². The van der Waals surface area contributed by atoms with Crippen LogP contribution < -0.4 is 4.90 Å². The highest BCUT2D eigenvalue weighted by molar-refractivity contribution is 5.97. The molecule has 0 atom stereocenters. The van der Waals surface area contributed by atoms with Gasteiger partial charge in [0.1, 0.15) is 5.82 Å². The maximum Gasteiger partial charge on any atom is 0.227 e. The summed E-state index contributed by atoms with van der Waals surface area (Å²) in [5.74, 6) is 1.17. The van der Waals surface area contributed by atoms with E-state index < -0.39 is 0 Å². The molecule has 2 heterocycles. The predicted octanol–water partition coefficient (Wildman–Crippen LogP) is 5.17. The number of amides is 1. The molecule has 0 radical (unpaired) electrons. The van der Waals surface area contributed by atoms with Crippen molar-refractivity contribution in [2.24, 2.45) is 7.05 Å². The molecule has 3 aromatic rings. The molecule has 0 bridgehead atoms. The molecule has 0 saturated carbocycles. The first-order valence-electron chi connectivity index (χ1n) is 10.4. The fourth-order valence-corrected chi connectivity index (χ4v) is 4.42. The molecule has 0 unspecified atom stereocenters. The lowest BCUT2D eigenvalue weighted by Gasteiger charge is -2.44. The molecule has 1 aliphatic heterocycles. The highest BCUT2D eigenvalue weighted by atomic mass is 16.2. The first-order chi connectivity index (χ1) is 14.0. The molecule has 0 N–H and O–H groups in total. The number of aryl methyl sites for hydroxylation is 2. The molecule has 4 nitrogen and oxygen atoms in total. The van der Waals surface area contributed by atoms with Crippen molar-refractivity contribution in [2.45, 2.75) is 51.5 Å². The summed E-state index contributed by atoms with van der Waals surface area (Å²) in [4.78, 5) is 19.9. The third-order valence-corrected chi connectivity index (χ3v) is 5.99. The van der Waals surface area contributed by atoms with Crippen molar-refractivity contribution in [1.82, 2.24) is 9.55 Å². The number of fused-ring (bicyclic) bond motifs is 1. The van der Waals surface area contributed by atoms with E-state index in [0.717, 1.165) is 42.8 Å². The van der Waals surface area contributed by atoms with E-state index in [1.807, 2.05) is 35.0 Å². The Bertz CT molecular complexity index is 1000. The van der Waals surface area contributed by atoms with Gasteiger partial charge in [-0.25, -0.2) is 4.98 Å². The molecule has 150 valence electrons. The van der Waals surface area contributed by atoms with Gasteiger partial charge in [0, 0.05) is 42.7 Å². The molecule has 1 aliphatic rings. The van der Waals surface area contributed by atoms with E-state index in [1.165, 1.54) is 11.1 Å². The normalized spacial score (nSPS) is 15.2. The number of carbonyl (C=O) groups excluding carboxylic acids is 1. The number of benzene rings is 2. The highest BCUT2D eigenvalue weighted by Crippen LogP contribution is 2.41. The average molecular weight is 388 g/mol. The highest BCUT2D eigenvalue weighted by Gasteiger charge is 2.37. The minimum Gasteiger partial charge on any atom is -0.334 e. The lowest BCUT2D eigenvalue weighted by molar-refractivity contribution is -0.119. The van der Waals surface area contributed by atoms with E-state index in [1.54, 1.807) is 0 Å². The number of rotatable bonds is 5. The molecular formula is C25H29N3O.